The summed E-state index contributed by atoms with van der Waals surface area (Å²) in [7, 11) is 0. The molecule has 0 spiro atoms. The van der Waals surface area contributed by atoms with Crippen LogP contribution in [0.25, 0.3) is 10.1 Å². The van der Waals surface area contributed by atoms with Gasteiger partial charge in [-0.15, -0.1) is 11.3 Å². The Morgan fingerprint density at radius 3 is 2.91 bits per heavy atom. The van der Waals surface area contributed by atoms with E-state index in [1.165, 1.54) is 11.3 Å². The lowest BCUT2D eigenvalue weighted by Gasteiger charge is -2.31. The number of nitrogens with zero attached hydrogens (tertiary/aromatic N) is 4. The molecule has 5 heterocycles. The number of carbonyl (C=O) groups is 2. The lowest BCUT2D eigenvalue weighted by molar-refractivity contribution is -0.125. The van der Waals surface area contributed by atoms with Crippen LogP contribution in [0.15, 0.2) is 57.9 Å². The molecule has 0 aliphatic carbocycles. The number of allylic oxidation sites excluding steroid dienone is 1. The van der Waals surface area contributed by atoms with Gasteiger partial charge in [-0.1, -0.05) is 12.8 Å². The third kappa shape index (κ3) is 4.95. The van der Waals surface area contributed by atoms with Crippen LogP contribution in [0.2, 0.25) is 0 Å². The normalized spacial score (nSPS) is 18.1. The van der Waals surface area contributed by atoms with Gasteiger partial charge in [-0.25, -0.2) is 4.99 Å². The lowest BCUT2D eigenvalue weighted by Crippen LogP contribution is -2.41. The van der Waals surface area contributed by atoms with Gasteiger partial charge in [0.1, 0.15) is 5.71 Å². The van der Waals surface area contributed by atoms with Crippen molar-refractivity contribution in [2.75, 3.05) is 26.2 Å². The first kappa shape index (κ1) is 21.7. The van der Waals surface area contributed by atoms with E-state index in [1.54, 1.807) is 18.6 Å². The molecule has 0 radical (unpaired) electrons. The minimum absolute atomic E-state index is 0.00491. The third-order valence-electron chi connectivity index (χ3n) is 6.44. The van der Waals surface area contributed by atoms with E-state index in [9.17, 15) is 9.59 Å². The van der Waals surface area contributed by atoms with Crippen LogP contribution in [0.5, 0.6) is 0 Å². The highest BCUT2D eigenvalue weighted by Crippen LogP contribution is 2.26. The molecule has 0 bridgehead atoms. The summed E-state index contributed by atoms with van der Waals surface area (Å²) in [6.45, 7) is 2.90. The number of amides is 2. The molecule has 2 aromatic heterocycles. The molecular formula is C25H27N5O2S. The minimum Gasteiger partial charge on any atom is -0.351 e. The van der Waals surface area contributed by atoms with Gasteiger partial charge in [-0.3, -0.25) is 19.6 Å². The van der Waals surface area contributed by atoms with Crippen molar-refractivity contribution in [3.8, 4) is 0 Å². The summed E-state index contributed by atoms with van der Waals surface area (Å²) < 4.78 is 1.04. The van der Waals surface area contributed by atoms with E-state index in [1.807, 2.05) is 29.2 Å². The van der Waals surface area contributed by atoms with E-state index in [0.29, 0.717) is 24.7 Å². The van der Waals surface area contributed by atoms with Gasteiger partial charge in [0.25, 0.3) is 11.8 Å². The van der Waals surface area contributed by atoms with Gasteiger partial charge in [0.05, 0.1) is 21.8 Å². The number of thiophene rings is 1. The van der Waals surface area contributed by atoms with Crippen molar-refractivity contribution in [3.63, 3.8) is 0 Å². The molecule has 1 N–H and O–H groups in total. The fourth-order valence-electron chi connectivity index (χ4n) is 4.54. The van der Waals surface area contributed by atoms with Crippen LogP contribution in [0, 0.1) is 5.92 Å². The molecule has 3 aliphatic heterocycles. The predicted molar refractivity (Wildman–Crippen MR) is 132 cm³/mol. The van der Waals surface area contributed by atoms with E-state index in [4.69, 9.17) is 0 Å². The highest BCUT2D eigenvalue weighted by Gasteiger charge is 2.27. The second-order valence-electron chi connectivity index (χ2n) is 8.69. The van der Waals surface area contributed by atoms with Crippen LogP contribution in [-0.4, -0.2) is 59.8 Å². The summed E-state index contributed by atoms with van der Waals surface area (Å²) >= 11 is 1.48. The number of hydrogen-bond acceptors (Lipinski definition) is 6. The fourth-order valence-corrected chi connectivity index (χ4v) is 5.49. The molecule has 0 saturated carbocycles. The quantitative estimate of drug-likeness (QED) is 0.637. The van der Waals surface area contributed by atoms with Crippen molar-refractivity contribution in [1.82, 2.24) is 15.2 Å². The number of carbonyl (C=O) groups excluding carboxylic acids is 2. The van der Waals surface area contributed by atoms with Gasteiger partial charge in [0.2, 0.25) is 0 Å². The number of pyridine rings is 1. The van der Waals surface area contributed by atoms with Gasteiger partial charge in [0, 0.05) is 43.8 Å². The molecule has 2 amide bonds. The van der Waals surface area contributed by atoms with Crippen molar-refractivity contribution < 1.29 is 9.59 Å². The molecule has 0 aromatic carbocycles. The van der Waals surface area contributed by atoms with Crippen molar-refractivity contribution in [2.24, 2.45) is 15.9 Å². The van der Waals surface area contributed by atoms with Gasteiger partial charge in [-0.05, 0) is 54.9 Å². The topological polar surface area (TPSA) is 87.0 Å². The molecule has 3 aliphatic rings. The van der Waals surface area contributed by atoms with Crippen LogP contribution in [0.4, 0.5) is 0 Å². The monoisotopic (exact) mass is 461 g/mol. The molecule has 170 valence electrons. The van der Waals surface area contributed by atoms with Gasteiger partial charge < -0.3 is 10.2 Å². The molecule has 2 aromatic rings. The maximum Gasteiger partial charge on any atom is 0.272 e. The Bertz CT molecular complexity index is 1150. The highest BCUT2D eigenvalue weighted by molar-refractivity contribution is 7.20. The first-order valence-corrected chi connectivity index (χ1v) is 12.4. The molecule has 1 fully saturated rings. The predicted octanol–water partition coefficient (Wildman–Crippen LogP) is 3.78. The lowest BCUT2D eigenvalue weighted by atomic mass is 9.91. The zero-order chi connectivity index (χ0) is 22.6. The van der Waals surface area contributed by atoms with Crippen molar-refractivity contribution in [2.45, 2.75) is 32.1 Å². The Labute approximate surface area is 197 Å². The smallest absolute Gasteiger partial charge is 0.272 e. The number of likely N-dealkylation sites (tertiary alicyclic amines) is 1. The summed E-state index contributed by atoms with van der Waals surface area (Å²) in [5.74, 6) is 0.667. The SMILES string of the molecule is O=C(NCCCCC1CCN(C(=O)C2=NC3=CCN=CC3=C2)CC1)c1cc2ccncc2s1. The molecule has 7 nitrogen and oxygen atoms in total. The zero-order valence-electron chi connectivity index (χ0n) is 18.5. The largest absolute Gasteiger partial charge is 0.351 e. The van der Waals surface area contributed by atoms with E-state index < -0.39 is 0 Å². The van der Waals surface area contributed by atoms with Crippen LogP contribution >= 0.6 is 11.3 Å². The van der Waals surface area contributed by atoms with E-state index >= 15 is 0 Å². The number of piperidine rings is 1. The van der Waals surface area contributed by atoms with Crippen LogP contribution in [-0.2, 0) is 4.79 Å². The van der Waals surface area contributed by atoms with Gasteiger partial charge in [0.15, 0.2) is 0 Å². The average Bonchev–Trinajstić information content (AvgIpc) is 3.48. The molecular weight excluding hydrogens is 434 g/mol. The molecule has 33 heavy (non-hydrogen) atoms. The van der Waals surface area contributed by atoms with E-state index in [0.717, 1.165) is 71.4 Å². The maximum atomic E-state index is 12.8. The fraction of sp³-hybridized carbons (Fsp3) is 0.400. The Morgan fingerprint density at radius 1 is 1.21 bits per heavy atom. The van der Waals surface area contributed by atoms with Crippen LogP contribution < -0.4 is 5.32 Å². The molecule has 5 rings (SSSR count). The second-order valence-corrected chi connectivity index (χ2v) is 9.78. The summed E-state index contributed by atoms with van der Waals surface area (Å²) in [5.41, 5.74) is 2.35. The summed E-state index contributed by atoms with van der Waals surface area (Å²) in [6, 6.07) is 3.86. The van der Waals surface area contributed by atoms with Crippen LogP contribution in [0.1, 0.15) is 41.8 Å². The summed E-state index contributed by atoms with van der Waals surface area (Å²) in [6.07, 6.45) is 14.4. The Balaban J connectivity index is 1.00. The Morgan fingerprint density at radius 2 is 2.09 bits per heavy atom. The molecule has 1 saturated heterocycles. The van der Waals surface area contributed by atoms with E-state index in [-0.39, 0.29) is 11.8 Å². The number of dihydropyridines is 1. The Hall–Kier alpha value is -3.13. The van der Waals surface area contributed by atoms with Gasteiger partial charge >= 0.3 is 0 Å². The van der Waals surface area contributed by atoms with Crippen LogP contribution in [0.3, 0.4) is 0 Å². The number of rotatable bonds is 7. The molecule has 0 atom stereocenters. The highest BCUT2D eigenvalue weighted by atomic mass is 32.1. The zero-order valence-corrected chi connectivity index (χ0v) is 19.3. The third-order valence-corrected chi connectivity index (χ3v) is 7.53. The van der Waals surface area contributed by atoms with Gasteiger partial charge in [-0.2, -0.15) is 0 Å². The summed E-state index contributed by atoms with van der Waals surface area (Å²) in [5, 5.41) is 4.10. The number of fused-ring (bicyclic) bond motifs is 2. The minimum atomic E-state index is -0.00491. The maximum absolute atomic E-state index is 12.8. The molecule has 8 heteroatoms. The number of nitrogens with one attached hydrogen (secondary N) is 1. The van der Waals surface area contributed by atoms with Crippen molar-refractivity contribution in [3.05, 3.63) is 52.8 Å². The van der Waals surface area contributed by atoms with E-state index in [2.05, 4.69) is 20.3 Å². The summed E-state index contributed by atoms with van der Waals surface area (Å²) in [4.78, 5) is 40.7. The van der Waals surface area contributed by atoms with Crippen molar-refractivity contribution >= 4 is 45.2 Å². The standard InChI is InChI=1S/C25H27N5O2S/c31-24(22-14-18-4-9-27-16-23(18)33-22)28-8-2-1-3-17-6-11-30(12-7-17)25(32)21-13-19-15-26-10-5-20(19)29-21/h4-5,9,13-17H,1-3,6-8,10-12H2,(H,28,31). The number of hydrogen-bond donors (Lipinski definition) is 1. The van der Waals surface area contributed by atoms with Crippen molar-refractivity contribution in [1.29, 1.82) is 0 Å². The average molecular weight is 462 g/mol. The molecule has 0 unspecified atom stereocenters. The number of aliphatic imine (C=N–C) groups is 2. The number of aromatic nitrogens is 1. The Kier molecular flexibility index (Phi) is 6.44. The first-order valence-electron chi connectivity index (χ1n) is 11.6. The number of unbranched alkanes of at least 4 members (excludes halogenated alkanes) is 1. The first-order chi connectivity index (χ1) is 16.2. The second kappa shape index (κ2) is 9.79.